The van der Waals surface area contributed by atoms with E-state index in [1.807, 2.05) is 23.5 Å². The molecule has 0 radical (unpaired) electrons. The average molecular weight is 368 g/mol. The number of thiocarbonyl (C=S) groups is 1. The fraction of sp³-hybridized carbons (Fsp3) is 0.300. The lowest BCUT2D eigenvalue weighted by Crippen LogP contribution is -2.40. The third-order valence-electron chi connectivity index (χ3n) is 4.83. The van der Waals surface area contributed by atoms with E-state index in [9.17, 15) is 0 Å². The van der Waals surface area contributed by atoms with Crippen molar-refractivity contribution in [2.45, 2.75) is 25.7 Å². The van der Waals surface area contributed by atoms with E-state index in [0.717, 1.165) is 42.2 Å². The standard InChI is InChI=1S/C20H21N3S2/c1-14-6-2-3-7-16(14)22-20(24)23-12-10-15(11-13-23)19-21-17-8-4-5-9-18(17)25-19/h2-9,15H,10-13H2,1H3,(H,22,24). The summed E-state index contributed by atoms with van der Waals surface area (Å²) in [6.07, 6.45) is 2.21. The van der Waals surface area contributed by atoms with Gasteiger partial charge in [0.1, 0.15) is 0 Å². The molecule has 0 saturated carbocycles. The molecule has 0 bridgehead atoms. The van der Waals surface area contributed by atoms with Crippen molar-refractivity contribution in [3.8, 4) is 0 Å². The van der Waals surface area contributed by atoms with Crippen LogP contribution in [0.4, 0.5) is 5.69 Å². The number of nitrogens with zero attached hydrogens (tertiary/aromatic N) is 2. The Morgan fingerprint density at radius 2 is 1.84 bits per heavy atom. The van der Waals surface area contributed by atoms with Crippen molar-refractivity contribution < 1.29 is 0 Å². The van der Waals surface area contributed by atoms with Gasteiger partial charge in [0, 0.05) is 24.7 Å². The highest BCUT2D eigenvalue weighted by atomic mass is 32.1. The van der Waals surface area contributed by atoms with E-state index in [-0.39, 0.29) is 0 Å². The van der Waals surface area contributed by atoms with Crippen LogP contribution in [0.3, 0.4) is 0 Å². The Balaban J connectivity index is 1.39. The Hall–Kier alpha value is -1.98. The monoisotopic (exact) mass is 367 g/mol. The molecule has 128 valence electrons. The Morgan fingerprint density at radius 1 is 1.12 bits per heavy atom. The molecule has 1 aliphatic rings. The van der Waals surface area contributed by atoms with Crippen LogP contribution < -0.4 is 5.32 Å². The van der Waals surface area contributed by atoms with Crippen molar-refractivity contribution in [3.05, 3.63) is 59.1 Å². The molecule has 1 aliphatic heterocycles. The number of fused-ring (bicyclic) bond motifs is 1. The summed E-state index contributed by atoms with van der Waals surface area (Å²) in [4.78, 5) is 7.12. The summed E-state index contributed by atoms with van der Waals surface area (Å²) < 4.78 is 1.29. The van der Waals surface area contributed by atoms with Crippen LogP contribution in [-0.2, 0) is 0 Å². The first kappa shape index (κ1) is 16.5. The first-order valence-corrected chi connectivity index (χ1v) is 9.90. The SMILES string of the molecule is Cc1ccccc1NC(=S)N1CCC(c2nc3ccccc3s2)CC1. The van der Waals surface area contributed by atoms with Gasteiger partial charge in [0.15, 0.2) is 5.11 Å². The minimum Gasteiger partial charge on any atom is -0.349 e. The van der Waals surface area contributed by atoms with E-state index in [1.54, 1.807) is 0 Å². The molecule has 4 rings (SSSR count). The molecule has 0 spiro atoms. The largest absolute Gasteiger partial charge is 0.349 e. The van der Waals surface area contributed by atoms with Crippen molar-refractivity contribution in [2.24, 2.45) is 0 Å². The number of para-hydroxylation sites is 2. The average Bonchev–Trinajstić information content (AvgIpc) is 3.08. The van der Waals surface area contributed by atoms with Gasteiger partial charge < -0.3 is 10.2 Å². The van der Waals surface area contributed by atoms with Gasteiger partial charge in [-0.1, -0.05) is 30.3 Å². The quantitative estimate of drug-likeness (QED) is 0.632. The van der Waals surface area contributed by atoms with Gasteiger partial charge in [0.2, 0.25) is 0 Å². The summed E-state index contributed by atoms with van der Waals surface area (Å²) in [5, 5.41) is 5.51. The lowest BCUT2D eigenvalue weighted by molar-refractivity contribution is 0.316. The zero-order valence-corrected chi connectivity index (χ0v) is 15.9. The van der Waals surface area contributed by atoms with Crippen LogP contribution in [0, 0.1) is 6.92 Å². The van der Waals surface area contributed by atoms with E-state index in [1.165, 1.54) is 15.3 Å². The zero-order valence-electron chi connectivity index (χ0n) is 14.2. The predicted octanol–water partition coefficient (Wildman–Crippen LogP) is 5.18. The van der Waals surface area contributed by atoms with Crippen LogP contribution in [0.5, 0.6) is 0 Å². The molecular weight excluding hydrogens is 346 g/mol. The number of rotatable bonds is 2. The van der Waals surface area contributed by atoms with E-state index in [4.69, 9.17) is 17.2 Å². The fourth-order valence-corrected chi connectivity index (χ4v) is 4.73. The highest BCUT2D eigenvalue weighted by molar-refractivity contribution is 7.80. The second-order valence-electron chi connectivity index (χ2n) is 6.53. The molecule has 0 atom stereocenters. The molecule has 3 aromatic rings. The summed E-state index contributed by atoms with van der Waals surface area (Å²) in [7, 11) is 0. The first-order chi connectivity index (χ1) is 12.2. The highest BCUT2D eigenvalue weighted by Crippen LogP contribution is 2.34. The van der Waals surface area contributed by atoms with Gasteiger partial charge in [0.05, 0.1) is 15.2 Å². The minimum absolute atomic E-state index is 0.551. The Kier molecular flexibility index (Phi) is 4.68. The van der Waals surface area contributed by atoms with E-state index in [2.05, 4.69) is 53.5 Å². The van der Waals surface area contributed by atoms with Crippen LogP contribution in [0.2, 0.25) is 0 Å². The molecular formula is C20H21N3S2. The minimum atomic E-state index is 0.551. The van der Waals surface area contributed by atoms with Crippen LogP contribution in [-0.4, -0.2) is 28.1 Å². The van der Waals surface area contributed by atoms with Gasteiger partial charge in [-0.15, -0.1) is 11.3 Å². The van der Waals surface area contributed by atoms with Crippen LogP contribution in [0.25, 0.3) is 10.2 Å². The Labute approximate surface area is 157 Å². The zero-order chi connectivity index (χ0) is 17.2. The van der Waals surface area contributed by atoms with E-state index >= 15 is 0 Å². The van der Waals surface area contributed by atoms with Crippen molar-refractivity contribution in [2.75, 3.05) is 18.4 Å². The first-order valence-electron chi connectivity index (χ1n) is 8.68. The molecule has 1 N–H and O–H groups in total. The number of thiazole rings is 1. The van der Waals surface area contributed by atoms with Crippen LogP contribution in [0.1, 0.15) is 29.3 Å². The normalized spacial score (nSPS) is 15.5. The summed E-state index contributed by atoms with van der Waals surface area (Å²) in [6.45, 7) is 4.07. The van der Waals surface area contributed by atoms with Gasteiger partial charge in [-0.25, -0.2) is 4.98 Å². The molecule has 3 nitrogen and oxygen atoms in total. The molecule has 5 heteroatoms. The predicted molar refractivity (Wildman–Crippen MR) is 111 cm³/mol. The van der Waals surface area contributed by atoms with Gasteiger partial charge in [-0.05, 0) is 55.7 Å². The molecule has 0 amide bonds. The number of likely N-dealkylation sites (tertiary alicyclic amines) is 1. The molecule has 0 unspecified atom stereocenters. The number of anilines is 1. The highest BCUT2D eigenvalue weighted by Gasteiger charge is 2.24. The number of piperidine rings is 1. The lowest BCUT2D eigenvalue weighted by Gasteiger charge is -2.33. The maximum absolute atomic E-state index is 5.63. The van der Waals surface area contributed by atoms with E-state index in [0.29, 0.717) is 5.92 Å². The van der Waals surface area contributed by atoms with Crippen molar-refractivity contribution in [1.82, 2.24) is 9.88 Å². The Morgan fingerprint density at radius 3 is 2.60 bits per heavy atom. The fourth-order valence-electron chi connectivity index (χ4n) is 3.30. The molecule has 1 fully saturated rings. The third kappa shape index (κ3) is 3.53. The molecule has 1 saturated heterocycles. The summed E-state index contributed by atoms with van der Waals surface area (Å²) in [5.74, 6) is 0.551. The van der Waals surface area contributed by atoms with Gasteiger partial charge >= 0.3 is 0 Å². The maximum atomic E-state index is 5.63. The van der Waals surface area contributed by atoms with Crippen LogP contribution >= 0.6 is 23.6 Å². The van der Waals surface area contributed by atoms with Gasteiger partial charge in [-0.3, -0.25) is 0 Å². The molecule has 0 aliphatic carbocycles. The number of nitrogens with one attached hydrogen (secondary N) is 1. The second-order valence-corrected chi connectivity index (χ2v) is 7.98. The number of hydrogen-bond donors (Lipinski definition) is 1. The number of hydrogen-bond acceptors (Lipinski definition) is 3. The molecule has 2 heterocycles. The summed E-state index contributed by atoms with van der Waals surface area (Å²) in [5.41, 5.74) is 3.44. The smallest absolute Gasteiger partial charge is 0.173 e. The third-order valence-corrected chi connectivity index (χ3v) is 6.39. The topological polar surface area (TPSA) is 28.2 Å². The van der Waals surface area contributed by atoms with Crippen molar-refractivity contribution in [1.29, 1.82) is 0 Å². The number of benzene rings is 2. The summed E-state index contributed by atoms with van der Waals surface area (Å²) >= 11 is 7.47. The van der Waals surface area contributed by atoms with Gasteiger partial charge in [-0.2, -0.15) is 0 Å². The maximum Gasteiger partial charge on any atom is 0.173 e. The Bertz CT molecular complexity index is 862. The molecule has 25 heavy (non-hydrogen) atoms. The van der Waals surface area contributed by atoms with Crippen molar-refractivity contribution >= 4 is 44.6 Å². The van der Waals surface area contributed by atoms with Crippen molar-refractivity contribution in [3.63, 3.8) is 0 Å². The molecule has 1 aromatic heterocycles. The van der Waals surface area contributed by atoms with Crippen LogP contribution in [0.15, 0.2) is 48.5 Å². The van der Waals surface area contributed by atoms with Gasteiger partial charge in [0.25, 0.3) is 0 Å². The summed E-state index contributed by atoms with van der Waals surface area (Å²) in [6, 6.07) is 16.7. The number of aryl methyl sites for hydroxylation is 1. The molecule has 2 aromatic carbocycles. The number of aromatic nitrogens is 1. The second kappa shape index (κ2) is 7.10. The van der Waals surface area contributed by atoms with E-state index < -0.39 is 0 Å². The lowest BCUT2D eigenvalue weighted by atomic mass is 9.98.